The number of hydrogen-bond acceptors (Lipinski definition) is 6. The summed E-state index contributed by atoms with van der Waals surface area (Å²) in [6.07, 6.45) is -0.00229. The van der Waals surface area contributed by atoms with Gasteiger partial charge in [0.25, 0.3) is 5.91 Å². The Kier molecular flexibility index (Phi) is 5.01. The number of benzene rings is 1. The molecule has 2 fully saturated rings. The first kappa shape index (κ1) is 19.0. The summed E-state index contributed by atoms with van der Waals surface area (Å²) < 4.78 is 22.9. The van der Waals surface area contributed by atoms with E-state index in [0.717, 1.165) is 0 Å². The molecule has 2 aliphatic heterocycles. The van der Waals surface area contributed by atoms with Crippen LogP contribution in [0.15, 0.2) is 30.3 Å². The maximum atomic E-state index is 12.7. The number of Topliss-reactive ketones (excluding diaryl/α,β-unsaturated/α-hetero) is 1. The van der Waals surface area contributed by atoms with Gasteiger partial charge in [0.2, 0.25) is 15.7 Å². The third-order valence-corrected chi connectivity index (χ3v) is 6.27. The van der Waals surface area contributed by atoms with E-state index in [2.05, 4.69) is 0 Å². The number of carbonyl (C=O) groups is 4. The van der Waals surface area contributed by atoms with Gasteiger partial charge in [-0.1, -0.05) is 18.2 Å². The average Bonchev–Trinajstić information content (AvgIpc) is 3.21. The zero-order chi connectivity index (χ0) is 19.8. The van der Waals surface area contributed by atoms with Crippen molar-refractivity contribution in [2.24, 2.45) is 5.73 Å². The fraction of sp³-hybridized carbons (Fsp3) is 0.412. The molecule has 0 aromatic heterocycles. The van der Waals surface area contributed by atoms with Gasteiger partial charge in [-0.15, -0.1) is 0 Å². The van der Waals surface area contributed by atoms with Crippen LogP contribution in [0, 0.1) is 0 Å². The number of fused-ring (bicyclic) bond motifs is 1. The Morgan fingerprint density at radius 3 is 2.41 bits per heavy atom. The number of carbonyl (C=O) groups excluding carboxylic acids is 4. The minimum absolute atomic E-state index is 0.0908. The molecule has 2 heterocycles. The number of sulfone groups is 1. The van der Waals surface area contributed by atoms with Crippen molar-refractivity contribution in [2.45, 2.75) is 24.9 Å². The van der Waals surface area contributed by atoms with Crippen molar-refractivity contribution in [3.63, 3.8) is 0 Å². The lowest BCUT2D eigenvalue weighted by Crippen LogP contribution is -2.44. The molecule has 2 atom stereocenters. The number of hydrogen-bond donors (Lipinski definition) is 1. The second-order valence-corrected chi connectivity index (χ2v) is 8.58. The SMILES string of the molecule is NC(=O)S(=O)(=O)CCC(=O)N1CCC2C1C(=O)CN2C(=O)c1ccccc1. The van der Waals surface area contributed by atoms with E-state index in [1.807, 2.05) is 0 Å². The number of likely N-dealkylation sites (tertiary alicyclic amines) is 2. The highest BCUT2D eigenvalue weighted by Crippen LogP contribution is 2.31. The van der Waals surface area contributed by atoms with Crippen LogP contribution >= 0.6 is 0 Å². The number of amides is 3. The highest BCUT2D eigenvalue weighted by Gasteiger charge is 2.51. The van der Waals surface area contributed by atoms with Gasteiger partial charge in [-0.05, 0) is 18.6 Å². The molecule has 2 saturated heterocycles. The molecule has 3 amide bonds. The second-order valence-electron chi connectivity index (χ2n) is 6.54. The van der Waals surface area contributed by atoms with Gasteiger partial charge in [-0.2, -0.15) is 0 Å². The molecule has 1 aromatic carbocycles. The van der Waals surface area contributed by atoms with Crippen molar-refractivity contribution in [2.75, 3.05) is 18.8 Å². The number of primary amides is 1. The molecule has 144 valence electrons. The molecule has 10 heteroatoms. The van der Waals surface area contributed by atoms with E-state index in [4.69, 9.17) is 5.73 Å². The van der Waals surface area contributed by atoms with Crippen LogP contribution in [0.3, 0.4) is 0 Å². The van der Waals surface area contributed by atoms with Crippen molar-refractivity contribution in [1.29, 1.82) is 0 Å². The monoisotopic (exact) mass is 393 g/mol. The largest absolute Gasteiger partial charge is 0.356 e. The van der Waals surface area contributed by atoms with Crippen LogP contribution in [0.2, 0.25) is 0 Å². The van der Waals surface area contributed by atoms with Crippen LogP contribution in [0.5, 0.6) is 0 Å². The second kappa shape index (κ2) is 7.10. The summed E-state index contributed by atoms with van der Waals surface area (Å²) in [6.45, 7) is 0.154. The number of ketones is 1. The van der Waals surface area contributed by atoms with Gasteiger partial charge in [-0.25, -0.2) is 8.42 Å². The Labute approximate surface area is 156 Å². The van der Waals surface area contributed by atoms with Crippen molar-refractivity contribution < 1.29 is 27.6 Å². The van der Waals surface area contributed by atoms with Crippen LogP contribution in [0.25, 0.3) is 0 Å². The molecule has 2 N–H and O–H groups in total. The summed E-state index contributed by atoms with van der Waals surface area (Å²) in [7, 11) is -4.18. The average molecular weight is 393 g/mol. The zero-order valence-corrected chi connectivity index (χ0v) is 15.2. The van der Waals surface area contributed by atoms with E-state index in [0.29, 0.717) is 12.0 Å². The Hall–Kier alpha value is -2.75. The van der Waals surface area contributed by atoms with Gasteiger partial charge in [0, 0.05) is 18.5 Å². The van der Waals surface area contributed by atoms with Crippen LogP contribution in [-0.2, 0) is 19.4 Å². The predicted octanol–water partition coefficient (Wildman–Crippen LogP) is -0.435. The van der Waals surface area contributed by atoms with E-state index in [1.54, 1.807) is 30.3 Å². The summed E-state index contributed by atoms with van der Waals surface area (Å²) in [4.78, 5) is 51.2. The summed E-state index contributed by atoms with van der Waals surface area (Å²) in [6, 6.07) is 7.35. The van der Waals surface area contributed by atoms with Crippen LogP contribution in [0.1, 0.15) is 23.2 Å². The first-order chi connectivity index (χ1) is 12.7. The minimum atomic E-state index is -4.18. The quantitative estimate of drug-likeness (QED) is 0.737. The topological polar surface area (TPSA) is 135 Å². The molecule has 2 unspecified atom stereocenters. The van der Waals surface area contributed by atoms with Gasteiger partial charge < -0.3 is 15.5 Å². The fourth-order valence-electron chi connectivity index (χ4n) is 3.58. The van der Waals surface area contributed by atoms with E-state index in [-0.39, 0.29) is 24.8 Å². The zero-order valence-electron chi connectivity index (χ0n) is 14.4. The first-order valence-corrected chi connectivity index (χ1v) is 10.1. The number of rotatable bonds is 4. The molecular formula is C17H19N3O6S. The van der Waals surface area contributed by atoms with E-state index < -0.39 is 45.2 Å². The Balaban J connectivity index is 1.71. The van der Waals surface area contributed by atoms with E-state index in [9.17, 15) is 27.6 Å². The smallest absolute Gasteiger partial charge is 0.333 e. The lowest BCUT2D eigenvalue weighted by molar-refractivity contribution is -0.136. The van der Waals surface area contributed by atoms with Crippen molar-refractivity contribution in [1.82, 2.24) is 9.80 Å². The van der Waals surface area contributed by atoms with Gasteiger partial charge in [0.15, 0.2) is 5.78 Å². The molecule has 0 radical (unpaired) electrons. The van der Waals surface area contributed by atoms with Crippen LogP contribution < -0.4 is 5.73 Å². The predicted molar refractivity (Wildman–Crippen MR) is 94.4 cm³/mol. The van der Waals surface area contributed by atoms with E-state index >= 15 is 0 Å². The number of nitrogens with zero attached hydrogens (tertiary/aromatic N) is 2. The van der Waals surface area contributed by atoms with Crippen molar-refractivity contribution in [3.8, 4) is 0 Å². The lowest BCUT2D eigenvalue weighted by atomic mass is 10.1. The maximum absolute atomic E-state index is 12.7. The van der Waals surface area contributed by atoms with Gasteiger partial charge in [0.05, 0.1) is 18.3 Å². The Morgan fingerprint density at radius 2 is 1.78 bits per heavy atom. The summed E-state index contributed by atoms with van der Waals surface area (Å²) in [5, 5.41) is -1.48. The summed E-state index contributed by atoms with van der Waals surface area (Å²) in [5.41, 5.74) is 5.24. The molecule has 2 aliphatic rings. The first-order valence-electron chi connectivity index (χ1n) is 8.43. The fourth-order valence-corrected chi connectivity index (χ4v) is 4.23. The highest BCUT2D eigenvalue weighted by atomic mass is 32.2. The van der Waals surface area contributed by atoms with Crippen LogP contribution in [0.4, 0.5) is 4.79 Å². The maximum Gasteiger partial charge on any atom is 0.333 e. The molecular weight excluding hydrogens is 374 g/mol. The standard InChI is InChI=1S/C17H19N3O6S/c18-17(24)27(25,26)9-7-14(22)19-8-6-12-15(19)13(21)10-20(12)16(23)11-4-2-1-3-5-11/h1-5,12,15H,6-10H2,(H2,18,24). The van der Waals surface area contributed by atoms with E-state index in [1.165, 1.54) is 9.80 Å². The molecule has 0 aliphatic carbocycles. The molecule has 0 saturated carbocycles. The highest BCUT2D eigenvalue weighted by molar-refractivity contribution is 8.05. The minimum Gasteiger partial charge on any atom is -0.356 e. The summed E-state index contributed by atoms with van der Waals surface area (Å²) >= 11 is 0. The normalized spacial score (nSPS) is 22.0. The molecule has 27 heavy (non-hydrogen) atoms. The lowest BCUT2D eigenvalue weighted by Gasteiger charge is -2.24. The summed E-state index contributed by atoms with van der Waals surface area (Å²) in [5.74, 6) is -1.78. The third-order valence-electron chi connectivity index (χ3n) is 4.92. The molecule has 9 nitrogen and oxygen atoms in total. The van der Waals surface area contributed by atoms with Crippen molar-refractivity contribution in [3.05, 3.63) is 35.9 Å². The molecule has 3 rings (SSSR count). The van der Waals surface area contributed by atoms with Crippen LogP contribution in [-0.4, -0.2) is 72.0 Å². The Morgan fingerprint density at radius 1 is 1.11 bits per heavy atom. The Bertz CT molecular complexity index is 899. The molecule has 1 aromatic rings. The molecule has 0 spiro atoms. The van der Waals surface area contributed by atoms with Gasteiger partial charge in [-0.3, -0.25) is 19.2 Å². The van der Waals surface area contributed by atoms with Crippen molar-refractivity contribution >= 4 is 32.7 Å². The number of nitrogens with two attached hydrogens (primary N) is 1. The molecule has 0 bridgehead atoms. The van der Waals surface area contributed by atoms with Gasteiger partial charge >= 0.3 is 5.24 Å². The third kappa shape index (κ3) is 3.57. The van der Waals surface area contributed by atoms with Gasteiger partial charge in [0.1, 0.15) is 6.04 Å².